The fourth-order valence-electron chi connectivity index (χ4n) is 2.53. The van der Waals surface area contributed by atoms with Gasteiger partial charge in [-0.25, -0.2) is 0 Å². The quantitative estimate of drug-likeness (QED) is 0.750. The van der Waals surface area contributed by atoms with Crippen molar-refractivity contribution in [3.8, 4) is 5.75 Å². The van der Waals surface area contributed by atoms with Gasteiger partial charge in [-0.15, -0.1) is 0 Å². The third kappa shape index (κ3) is 4.94. The summed E-state index contributed by atoms with van der Waals surface area (Å²) in [5.41, 5.74) is -0.108. The number of halogens is 1. The van der Waals surface area contributed by atoms with Gasteiger partial charge < -0.3 is 14.6 Å². The topological polar surface area (TPSA) is 60.2 Å². The summed E-state index contributed by atoms with van der Waals surface area (Å²) in [5.74, 6) is 1.97. The van der Waals surface area contributed by atoms with E-state index in [1.54, 1.807) is 12.1 Å². The van der Waals surface area contributed by atoms with Gasteiger partial charge in [-0.1, -0.05) is 37.0 Å². The van der Waals surface area contributed by atoms with Gasteiger partial charge in [-0.2, -0.15) is 4.98 Å². The smallest absolute Gasteiger partial charge is 0.232 e. The lowest BCUT2D eigenvalue weighted by Crippen LogP contribution is -2.27. The molecule has 0 aliphatic rings. The van der Waals surface area contributed by atoms with Crippen molar-refractivity contribution in [2.75, 3.05) is 13.6 Å². The number of benzene rings is 1. The lowest BCUT2D eigenvalue weighted by Gasteiger charge is -2.24. The minimum absolute atomic E-state index is 0.108. The van der Waals surface area contributed by atoms with Crippen LogP contribution < -0.4 is 10.1 Å². The molecule has 0 radical (unpaired) electrons. The van der Waals surface area contributed by atoms with Crippen molar-refractivity contribution in [2.45, 2.75) is 45.1 Å². The molecule has 1 atom stereocenters. The van der Waals surface area contributed by atoms with E-state index in [1.165, 1.54) is 0 Å². The molecule has 1 heterocycles. The van der Waals surface area contributed by atoms with Crippen molar-refractivity contribution < 1.29 is 9.26 Å². The maximum absolute atomic E-state index is 5.85. The molecule has 1 aromatic carbocycles. The highest BCUT2D eigenvalue weighted by atomic mass is 35.5. The summed E-state index contributed by atoms with van der Waals surface area (Å²) in [7, 11) is 1.95. The standard InChI is InChI=1S/C17H24ClN3O2/c1-4-9-17(2,10-11-19-3)16-20-15(21-23-16)12-22-14-7-5-13(18)6-8-14/h5-8,19H,4,9-12H2,1-3H3. The molecule has 23 heavy (non-hydrogen) atoms. The first kappa shape index (κ1) is 17.8. The number of nitrogens with one attached hydrogen (secondary N) is 1. The molecule has 1 N–H and O–H groups in total. The van der Waals surface area contributed by atoms with Gasteiger partial charge in [0.05, 0.1) is 0 Å². The largest absolute Gasteiger partial charge is 0.485 e. The normalized spacial score (nSPS) is 13.7. The summed E-state index contributed by atoms with van der Waals surface area (Å²) >= 11 is 5.85. The molecule has 0 saturated carbocycles. The van der Waals surface area contributed by atoms with Crippen LogP contribution in [-0.4, -0.2) is 23.7 Å². The zero-order valence-corrected chi connectivity index (χ0v) is 14.7. The van der Waals surface area contributed by atoms with Crippen molar-refractivity contribution in [3.63, 3.8) is 0 Å². The van der Waals surface area contributed by atoms with Crippen LogP contribution in [0.25, 0.3) is 0 Å². The van der Waals surface area contributed by atoms with E-state index < -0.39 is 0 Å². The summed E-state index contributed by atoms with van der Waals surface area (Å²) in [5, 5.41) is 7.91. The predicted molar refractivity (Wildman–Crippen MR) is 90.9 cm³/mol. The van der Waals surface area contributed by atoms with E-state index in [2.05, 4.69) is 29.3 Å². The van der Waals surface area contributed by atoms with Crippen LogP contribution in [0.3, 0.4) is 0 Å². The Kier molecular flexibility index (Phi) is 6.42. The van der Waals surface area contributed by atoms with Crippen molar-refractivity contribution in [1.29, 1.82) is 0 Å². The highest BCUT2D eigenvalue weighted by Gasteiger charge is 2.31. The zero-order chi connectivity index (χ0) is 16.7. The predicted octanol–water partition coefficient (Wildman–Crippen LogP) is 3.97. The van der Waals surface area contributed by atoms with Gasteiger partial charge in [-0.3, -0.25) is 0 Å². The Morgan fingerprint density at radius 1 is 1.26 bits per heavy atom. The van der Waals surface area contributed by atoms with Crippen LogP contribution in [0.4, 0.5) is 0 Å². The van der Waals surface area contributed by atoms with Crippen LogP contribution in [-0.2, 0) is 12.0 Å². The van der Waals surface area contributed by atoms with E-state index >= 15 is 0 Å². The molecule has 6 heteroatoms. The molecular weight excluding hydrogens is 314 g/mol. The second kappa shape index (κ2) is 8.31. The molecule has 0 aliphatic heterocycles. The SMILES string of the molecule is CCCC(C)(CCNC)c1nc(COc2ccc(Cl)cc2)no1. The molecule has 1 aromatic heterocycles. The van der Waals surface area contributed by atoms with Gasteiger partial charge in [-0.05, 0) is 50.7 Å². The van der Waals surface area contributed by atoms with E-state index in [1.807, 2.05) is 19.2 Å². The van der Waals surface area contributed by atoms with Gasteiger partial charge in [0.25, 0.3) is 0 Å². The molecule has 0 amide bonds. The molecule has 5 nitrogen and oxygen atoms in total. The van der Waals surface area contributed by atoms with E-state index in [0.717, 1.165) is 31.6 Å². The minimum atomic E-state index is -0.108. The fourth-order valence-corrected chi connectivity index (χ4v) is 2.65. The van der Waals surface area contributed by atoms with Crippen LogP contribution in [0.1, 0.15) is 44.8 Å². The Morgan fingerprint density at radius 3 is 2.65 bits per heavy atom. The van der Waals surface area contributed by atoms with Gasteiger partial charge in [0.2, 0.25) is 11.7 Å². The molecule has 0 saturated heterocycles. The number of aromatic nitrogens is 2. The second-order valence-corrected chi connectivity index (χ2v) is 6.36. The van der Waals surface area contributed by atoms with Gasteiger partial charge in [0.15, 0.2) is 6.61 Å². The number of hydrogen-bond donors (Lipinski definition) is 1. The summed E-state index contributed by atoms with van der Waals surface area (Å²) in [6, 6.07) is 7.21. The first-order chi connectivity index (χ1) is 11.1. The third-order valence-electron chi connectivity index (χ3n) is 3.89. The molecule has 0 bridgehead atoms. The van der Waals surface area contributed by atoms with Crippen LogP contribution in [0, 0.1) is 0 Å². The Labute approximate surface area is 142 Å². The van der Waals surface area contributed by atoms with E-state index in [4.69, 9.17) is 20.9 Å². The summed E-state index contributed by atoms with van der Waals surface area (Å²) < 4.78 is 11.2. The van der Waals surface area contributed by atoms with Crippen LogP contribution in [0.15, 0.2) is 28.8 Å². The lowest BCUT2D eigenvalue weighted by molar-refractivity contribution is 0.257. The van der Waals surface area contributed by atoms with E-state index in [0.29, 0.717) is 16.7 Å². The Bertz CT molecular complexity index is 600. The van der Waals surface area contributed by atoms with Crippen LogP contribution in [0.2, 0.25) is 5.02 Å². The molecule has 2 aromatic rings. The van der Waals surface area contributed by atoms with Gasteiger partial charge in [0, 0.05) is 10.4 Å². The maximum atomic E-state index is 5.85. The van der Waals surface area contributed by atoms with Crippen molar-refractivity contribution >= 4 is 11.6 Å². The Morgan fingerprint density at radius 2 is 2.00 bits per heavy atom. The first-order valence-electron chi connectivity index (χ1n) is 7.93. The minimum Gasteiger partial charge on any atom is -0.485 e. The highest BCUT2D eigenvalue weighted by Crippen LogP contribution is 2.31. The van der Waals surface area contributed by atoms with Crippen molar-refractivity contribution in [1.82, 2.24) is 15.5 Å². The van der Waals surface area contributed by atoms with Crippen molar-refractivity contribution in [3.05, 3.63) is 41.0 Å². The molecular formula is C17H24ClN3O2. The van der Waals surface area contributed by atoms with Crippen LogP contribution in [0.5, 0.6) is 5.75 Å². The maximum Gasteiger partial charge on any atom is 0.232 e. The second-order valence-electron chi connectivity index (χ2n) is 5.92. The Hall–Kier alpha value is -1.59. The van der Waals surface area contributed by atoms with Gasteiger partial charge >= 0.3 is 0 Å². The number of nitrogens with zero attached hydrogens (tertiary/aromatic N) is 2. The Balaban J connectivity index is 2.01. The lowest BCUT2D eigenvalue weighted by atomic mass is 9.82. The highest BCUT2D eigenvalue weighted by molar-refractivity contribution is 6.30. The van der Waals surface area contributed by atoms with Crippen molar-refractivity contribution in [2.24, 2.45) is 0 Å². The molecule has 0 aliphatic carbocycles. The monoisotopic (exact) mass is 337 g/mol. The summed E-state index contributed by atoms with van der Waals surface area (Å²) in [6.07, 6.45) is 3.03. The average molecular weight is 338 g/mol. The molecule has 2 rings (SSSR count). The van der Waals surface area contributed by atoms with Gasteiger partial charge in [0.1, 0.15) is 5.75 Å². The van der Waals surface area contributed by atoms with E-state index in [9.17, 15) is 0 Å². The van der Waals surface area contributed by atoms with Crippen LogP contribution >= 0.6 is 11.6 Å². The van der Waals surface area contributed by atoms with E-state index in [-0.39, 0.29) is 12.0 Å². The third-order valence-corrected chi connectivity index (χ3v) is 4.15. The number of rotatable bonds is 9. The first-order valence-corrected chi connectivity index (χ1v) is 8.31. The summed E-state index contributed by atoms with van der Waals surface area (Å²) in [4.78, 5) is 4.53. The molecule has 0 fully saturated rings. The summed E-state index contributed by atoms with van der Waals surface area (Å²) in [6.45, 7) is 5.53. The molecule has 126 valence electrons. The zero-order valence-electron chi connectivity index (χ0n) is 13.9. The molecule has 1 unspecified atom stereocenters. The fraction of sp³-hybridized carbons (Fsp3) is 0.529. The number of hydrogen-bond acceptors (Lipinski definition) is 5. The number of ether oxygens (including phenoxy) is 1. The average Bonchev–Trinajstić information content (AvgIpc) is 3.02. The molecule has 0 spiro atoms.